The van der Waals surface area contributed by atoms with Gasteiger partial charge >= 0.3 is 0 Å². The van der Waals surface area contributed by atoms with Gasteiger partial charge in [0.25, 0.3) is 0 Å². The van der Waals surface area contributed by atoms with Crippen LogP contribution >= 0.6 is 11.6 Å². The molecular weight excluding hydrogens is 192 g/mol. The number of halogens is 1. The van der Waals surface area contributed by atoms with Gasteiger partial charge in [0.1, 0.15) is 5.69 Å². The molecule has 0 bridgehead atoms. The molecular formula is C6H7ClN6. The van der Waals surface area contributed by atoms with Gasteiger partial charge in [-0.3, -0.25) is 4.68 Å². The van der Waals surface area contributed by atoms with Crippen molar-refractivity contribution in [1.82, 2.24) is 30.0 Å². The highest BCUT2D eigenvalue weighted by molar-refractivity contribution is 6.16. The SMILES string of the molecule is Cn1cc(-n2nnnc2CCl)cn1. The molecule has 6 nitrogen and oxygen atoms in total. The first kappa shape index (κ1) is 8.18. The highest BCUT2D eigenvalue weighted by atomic mass is 35.5. The smallest absolute Gasteiger partial charge is 0.171 e. The van der Waals surface area contributed by atoms with Gasteiger partial charge in [-0.25, -0.2) is 0 Å². The van der Waals surface area contributed by atoms with E-state index in [9.17, 15) is 0 Å². The van der Waals surface area contributed by atoms with Crippen LogP contribution in [-0.4, -0.2) is 30.0 Å². The maximum Gasteiger partial charge on any atom is 0.171 e. The van der Waals surface area contributed by atoms with Crippen LogP contribution in [0.5, 0.6) is 0 Å². The quantitative estimate of drug-likeness (QED) is 0.644. The van der Waals surface area contributed by atoms with E-state index in [0.717, 1.165) is 5.69 Å². The van der Waals surface area contributed by atoms with Gasteiger partial charge in [0.05, 0.1) is 18.3 Å². The molecule has 0 aliphatic heterocycles. The molecule has 0 atom stereocenters. The Bertz CT molecular complexity index is 405. The molecule has 68 valence electrons. The molecule has 0 fully saturated rings. The lowest BCUT2D eigenvalue weighted by Gasteiger charge is -1.95. The van der Waals surface area contributed by atoms with Gasteiger partial charge in [0.15, 0.2) is 5.82 Å². The maximum absolute atomic E-state index is 5.64. The molecule has 0 saturated heterocycles. The molecule has 2 aromatic rings. The van der Waals surface area contributed by atoms with Crippen LogP contribution in [0.4, 0.5) is 0 Å². The Hall–Kier alpha value is -1.43. The zero-order valence-corrected chi connectivity index (χ0v) is 7.68. The summed E-state index contributed by atoms with van der Waals surface area (Å²) in [6.45, 7) is 0. The zero-order chi connectivity index (χ0) is 9.26. The number of hydrogen-bond donors (Lipinski definition) is 0. The molecule has 0 aromatic carbocycles. The number of tetrazole rings is 1. The minimum Gasteiger partial charge on any atom is -0.274 e. The van der Waals surface area contributed by atoms with Crippen molar-refractivity contribution < 1.29 is 0 Å². The molecule has 7 heteroatoms. The van der Waals surface area contributed by atoms with Crippen molar-refractivity contribution in [2.24, 2.45) is 7.05 Å². The fourth-order valence-corrected chi connectivity index (χ4v) is 1.17. The van der Waals surface area contributed by atoms with Crippen LogP contribution in [0.3, 0.4) is 0 Å². The van der Waals surface area contributed by atoms with E-state index >= 15 is 0 Å². The van der Waals surface area contributed by atoms with Crippen LogP contribution in [-0.2, 0) is 12.9 Å². The lowest BCUT2D eigenvalue weighted by atomic mass is 10.5. The van der Waals surface area contributed by atoms with Crippen LogP contribution in [0.25, 0.3) is 5.69 Å². The normalized spacial score (nSPS) is 10.6. The summed E-state index contributed by atoms with van der Waals surface area (Å²) in [6, 6.07) is 0. The Morgan fingerprint density at radius 1 is 1.54 bits per heavy atom. The van der Waals surface area contributed by atoms with Gasteiger partial charge in [0, 0.05) is 7.05 Å². The Morgan fingerprint density at radius 2 is 2.38 bits per heavy atom. The second-order valence-corrected chi connectivity index (χ2v) is 2.78. The molecule has 0 unspecified atom stereocenters. The van der Waals surface area contributed by atoms with Gasteiger partial charge in [-0.1, -0.05) is 0 Å². The summed E-state index contributed by atoms with van der Waals surface area (Å²) in [4.78, 5) is 0. The first-order chi connectivity index (χ1) is 6.31. The van der Waals surface area contributed by atoms with E-state index in [2.05, 4.69) is 20.6 Å². The largest absolute Gasteiger partial charge is 0.274 e. The number of aromatic nitrogens is 6. The number of rotatable bonds is 2. The van der Waals surface area contributed by atoms with Gasteiger partial charge in [-0.15, -0.1) is 16.7 Å². The van der Waals surface area contributed by atoms with E-state index in [1.54, 1.807) is 15.6 Å². The van der Waals surface area contributed by atoms with Crippen molar-refractivity contribution in [2.75, 3.05) is 0 Å². The molecule has 0 spiro atoms. The molecule has 2 aromatic heterocycles. The van der Waals surface area contributed by atoms with Crippen LogP contribution in [0.2, 0.25) is 0 Å². The third-order valence-corrected chi connectivity index (χ3v) is 1.83. The van der Waals surface area contributed by atoms with E-state index < -0.39 is 0 Å². The van der Waals surface area contributed by atoms with Gasteiger partial charge in [0.2, 0.25) is 0 Å². The Balaban J connectivity index is 2.45. The number of alkyl halides is 1. The molecule has 0 saturated carbocycles. The minimum absolute atomic E-state index is 0.280. The average molecular weight is 199 g/mol. The zero-order valence-electron chi connectivity index (χ0n) is 6.92. The van der Waals surface area contributed by atoms with E-state index in [-0.39, 0.29) is 5.88 Å². The summed E-state index contributed by atoms with van der Waals surface area (Å²) in [5.74, 6) is 0.886. The van der Waals surface area contributed by atoms with E-state index in [4.69, 9.17) is 11.6 Å². The van der Waals surface area contributed by atoms with E-state index in [1.807, 2.05) is 13.2 Å². The summed E-state index contributed by atoms with van der Waals surface area (Å²) >= 11 is 5.64. The lowest BCUT2D eigenvalue weighted by Crippen LogP contribution is -2.00. The van der Waals surface area contributed by atoms with Crippen molar-refractivity contribution in [3.8, 4) is 5.69 Å². The third kappa shape index (κ3) is 1.40. The van der Waals surface area contributed by atoms with Crippen molar-refractivity contribution in [3.05, 3.63) is 18.2 Å². The predicted molar refractivity (Wildman–Crippen MR) is 45.5 cm³/mol. The summed E-state index contributed by atoms with van der Waals surface area (Å²) < 4.78 is 3.23. The number of nitrogens with zero attached hydrogens (tertiary/aromatic N) is 6. The molecule has 0 N–H and O–H groups in total. The average Bonchev–Trinajstić information content (AvgIpc) is 2.71. The predicted octanol–water partition coefficient (Wildman–Crippen LogP) is 0.135. The van der Waals surface area contributed by atoms with Crippen molar-refractivity contribution in [1.29, 1.82) is 0 Å². The highest BCUT2D eigenvalue weighted by Gasteiger charge is 2.07. The first-order valence-electron chi connectivity index (χ1n) is 3.63. The van der Waals surface area contributed by atoms with Crippen molar-refractivity contribution in [3.63, 3.8) is 0 Å². The molecule has 2 rings (SSSR count). The van der Waals surface area contributed by atoms with Crippen LogP contribution in [0.1, 0.15) is 5.82 Å². The maximum atomic E-state index is 5.64. The number of aryl methyl sites for hydroxylation is 1. The van der Waals surface area contributed by atoms with E-state index in [0.29, 0.717) is 5.82 Å². The Kier molecular flexibility index (Phi) is 1.97. The van der Waals surface area contributed by atoms with Crippen molar-refractivity contribution in [2.45, 2.75) is 5.88 Å². The van der Waals surface area contributed by atoms with Gasteiger partial charge in [-0.05, 0) is 10.4 Å². The monoisotopic (exact) mass is 198 g/mol. The molecule has 2 heterocycles. The molecule has 13 heavy (non-hydrogen) atoms. The minimum atomic E-state index is 0.280. The van der Waals surface area contributed by atoms with E-state index in [1.165, 1.54) is 0 Å². The van der Waals surface area contributed by atoms with Crippen LogP contribution in [0.15, 0.2) is 12.4 Å². The summed E-state index contributed by atoms with van der Waals surface area (Å²) in [7, 11) is 1.83. The second-order valence-electron chi connectivity index (χ2n) is 2.51. The van der Waals surface area contributed by atoms with Gasteiger partial charge < -0.3 is 0 Å². The van der Waals surface area contributed by atoms with Crippen molar-refractivity contribution >= 4 is 11.6 Å². The fraction of sp³-hybridized carbons (Fsp3) is 0.333. The highest BCUT2D eigenvalue weighted by Crippen LogP contribution is 2.06. The molecule has 0 radical (unpaired) electrons. The third-order valence-electron chi connectivity index (χ3n) is 1.59. The topological polar surface area (TPSA) is 61.4 Å². The molecule has 0 aliphatic carbocycles. The summed E-state index contributed by atoms with van der Waals surface area (Å²) in [5, 5.41) is 15.1. The van der Waals surface area contributed by atoms with Crippen LogP contribution < -0.4 is 0 Å². The van der Waals surface area contributed by atoms with Gasteiger partial charge in [-0.2, -0.15) is 9.78 Å². The number of hydrogen-bond acceptors (Lipinski definition) is 4. The Morgan fingerprint density at radius 3 is 3.00 bits per heavy atom. The summed E-state index contributed by atoms with van der Waals surface area (Å²) in [6.07, 6.45) is 3.48. The summed E-state index contributed by atoms with van der Waals surface area (Å²) in [5.41, 5.74) is 0.808. The second kappa shape index (κ2) is 3.14. The first-order valence-corrected chi connectivity index (χ1v) is 4.17. The molecule has 0 amide bonds. The molecule has 0 aliphatic rings. The standard InChI is InChI=1S/C6H7ClN6/c1-12-4-5(3-8-12)13-6(2-7)9-10-11-13/h3-4H,2H2,1H3. The fourth-order valence-electron chi connectivity index (χ4n) is 1.01. The Labute approximate surface area is 79.1 Å². The van der Waals surface area contributed by atoms with Crippen LogP contribution in [0, 0.1) is 0 Å². The lowest BCUT2D eigenvalue weighted by molar-refractivity contribution is 0.758.